The Balaban J connectivity index is 5.50. The molecule has 2 unspecified atom stereocenters. The number of hydrogen-bond acceptors (Lipinski definition) is 15. The van der Waals surface area contributed by atoms with Gasteiger partial charge < -0.3 is 33.8 Å². The lowest BCUT2D eigenvalue weighted by molar-refractivity contribution is -0.161. The number of rotatable bonds is 74. The highest BCUT2D eigenvalue weighted by Crippen LogP contribution is 2.45. The fourth-order valence-corrected chi connectivity index (χ4v) is 11.7. The normalized spacial score (nSPS) is 14.6. The predicted octanol–water partition coefficient (Wildman–Crippen LogP) is 23.4. The minimum Gasteiger partial charge on any atom is -0.462 e. The average Bonchev–Trinajstić information content (AvgIpc) is 0.926. The molecule has 0 aromatic rings. The van der Waals surface area contributed by atoms with Gasteiger partial charge in [-0.3, -0.25) is 37.3 Å². The number of hydrogen-bond donors (Lipinski definition) is 3. The van der Waals surface area contributed by atoms with Crippen LogP contribution in [0.1, 0.15) is 310 Å². The van der Waals surface area contributed by atoms with Gasteiger partial charge in [-0.1, -0.05) is 276 Å². The standard InChI is InChI=1S/C85H142O17P2/c1-5-9-13-17-21-25-29-33-37-39-43-46-50-54-58-62-66-70-83(88)96-76-81(102-85(90)72-68-64-60-56-52-48-44-40-38-34-30-26-22-18-14-10-6-2)78-100-104(93,94)98-74-79(86)73-97-103(91,92)99-77-80(101-84(89)71-67-63-59-55-51-47-42-36-32-28-24-20-16-12-8-4)75-95-82(87)69-65-61-57-53-49-45-41-35-31-27-23-19-15-11-7-3/h21-22,25-28,31-38,41-44,46,48,54,56,58,60,79-81,86H,5-20,23-24,29-30,39-40,45,47,49-53,55,57,59,61-78H2,1-4H3,(H,91,92)(H,93,94)/b25-21-,26-22-,31-27-,32-28-,37-33-,38-34-,41-35-,42-36-,46-43-,48-44-,58-54-,60-56-/t79-,80-,81-/m1/s1. The van der Waals surface area contributed by atoms with Gasteiger partial charge in [0.05, 0.1) is 26.4 Å². The second-order valence-corrected chi connectivity index (χ2v) is 29.3. The molecule has 0 rings (SSSR count). The molecule has 3 N–H and O–H groups in total. The van der Waals surface area contributed by atoms with Gasteiger partial charge in [0.2, 0.25) is 0 Å². The molecule has 0 heterocycles. The van der Waals surface area contributed by atoms with Crippen LogP contribution in [-0.4, -0.2) is 96.7 Å². The van der Waals surface area contributed by atoms with E-state index in [0.717, 1.165) is 128 Å². The summed E-state index contributed by atoms with van der Waals surface area (Å²) in [5.74, 6) is -2.35. The van der Waals surface area contributed by atoms with E-state index < -0.39 is 97.5 Å². The highest BCUT2D eigenvalue weighted by Gasteiger charge is 2.30. The Kier molecular flexibility index (Phi) is 72.4. The molecule has 0 aliphatic carbocycles. The molecule has 0 bridgehead atoms. The SMILES string of the molecule is CCCCC/C=C\C/C=C\C/C=C\C/C=C\CCCC(=O)OC[C@H](COP(=O)(O)OC[C@H](O)COP(=O)(O)OC[C@@H](COC(=O)CCCCCCC/C=C\C=C/CCCCCC)OC(=O)CCCCCCC/C=C\C=C/CCCCCC)OC(=O)CCC/C=C\C/C=C\C/C=C\C/C=C\CCCCC. The first-order chi connectivity index (χ1) is 50.7. The van der Waals surface area contributed by atoms with E-state index >= 15 is 0 Å². The lowest BCUT2D eigenvalue weighted by Crippen LogP contribution is -2.30. The molecule has 104 heavy (non-hydrogen) atoms. The molecule has 0 spiro atoms. The van der Waals surface area contributed by atoms with Crippen LogP contribution in [0.5, 0.6) is 0 Å². The van der Waals surface area contributed by atoms with Crippen LogP contribution in [-0.2, 0) is 65.4 Å². The van der Waals surface area contributed by atoms with E-state index in [9.17, 15) is 43.2 Å². The molecule has 0 radical (unpaired) electrons. The minimum atomic E-state index is -5.01. The molecule has 0 saturated carbocycles. The quantitative estimate of drug-likeness (QED) is 0.0128. The molecule has 0 aromatic carbocycles. The highest BCUT2D eigenvalue weighted by molar-refractivity contribution is 7.47. The van der Waals surface area contributed by atoms with Gasteiger partial charge in [-0.05, 0) is 154 Å². The fraction of sp³-hybridized carbons (Fsp3) is 0.671. The topological polar surface area (TPSA) is 237 Å². The van der Waals surface area contributed by atoms with Crippen LogP contribution >= 0.6 is 15.6 Å². The Morgan fingerprint density at radius 2 is 0.510 bits per heavy atom. The van der Waals surface area contributed by atoms with Crippen molar-refractivity contribution in [1.29, 1.82) is 0 Å². The first kappa shape index (κ1) is 98.9. The summed E-state index contributed by atoms with van der Waals surface area (Å²) in [6.07, 6.45) is 86.9. The number of phosphoric acid groups is 2. The number of aliphatic hydroxyl groups is 1. The van der Waals surface area contributed by atoms with Crippen LogP contribution < -0.4 is 0 Å². The molecular formula is C85H142O17P2. The van der Waals surface area contributed by atoms with Crippen LogP contribution in [0.3, 0.4) is 0 Å². The Morgan fingerprint density at radius 1 is 0.279 bits per heavy atom. The third-order valence-electron chi connectivity index (χ3n) is 16.3. The molecule has 0 amide bonds. The monoisotopic (exact) mass is 1500 g/mol. The van der Waals surface area contributed by atoms with Gasteiger partial charge in [0.1, 0.15) is 19.3 Å². The van der Waals surface area contributed by atoms with Gasteiger partial charge in [0.25, 0.3) is 0 Å². The number of esters is 4. The number of ether oxygens (including phenoxy) is 4. The van der Waals surface area contributed by atoms with Crippen molar-refractivity contribution in [2.24, 2.45) is 0 Å². The zero-order valence-corrected chi connectivity index (χ0v) is 66.7. The summed E-state index contributed by atoms with van der Waals surface area (Å²) < 4.78 is 68.5. The van der Waals surface area contributed by atoms with Gasteiger partial charge in [-0.25, -0.2) is 9.13 Å². The maximum absolute atomic E-state index is 13.1. The molecule has 5 atom stereocenters. The van der Waals surface area contributed by atoms with E-state index in [1.165, 1.54) is 89.9 Å². The van der Waals surface area contributed by atoms with Crippen molar-refractivity contribution >= 4 is 39.5 Å². The van der Waals surface area contributed by atoms with Crippen molar-refractivity contribution < 1.29 is 80.2 Å². The molecule has 594 valence electrons. The van der Waals surface area contributed by atoms with Gasteiger partial charge in [0.15, 0.2) is 12.2 Å². The molecule has 17 nitrogen and oxygen atoms in total. The van der Waals surface area contributed by atoms with Gasteiger partial charge in [-0.2, -0.15) is 0 Å². The van der Waals surface area contributed by atoms with E-state index in [1.807, 2.05) is 24.3 Å². The molecular weight excluding hydrogens is 1350 g/mol. The number of unbranched alkanes of at least 4 members (excludes halogenated alkanes) is 26. The Hall–Kier alpha value is -5.06. The van der Waals surface area contributed by atoms with Crippen LogP contribution in [0, 0.1) is 0 Å². The number of allylic oxidation sites excluding steroid dienone is 24. The highest BCUT2D eigenvalue weighted by atomic mass is 31.2. The van der Waals surface area contributed by atoms with Crippen LogP contribution in [0.2, 0.25) is 0 Å². The average molecular weight is 1500 g/mol. The zero-order chi connectivity index (χ0) is 76.0. The molecule has 0 aliphatic rings. The summed E-state index contributed by atoms with van der Waals surface area (Å²) in [4.78, 5) is 73.0. The summed E-state index contributed by atoms with van der Waals surface area (Å²) in [5.41, 5.74) is 0. The first-order valence-electron chi connectivity index (χ1n) is 40.1. The molecule has 0 saturated heterocycles. The summed E-state index contributed by atoms with van der Waals surface area (Å²) in [6.45, 7) is 4.62. The fourth-order valence-electron chi connectivity index (χ4n) is 10.1. The van der Waals surface area contributed by atoms with Gasteiger partial charge in [0, 0.05) is 25.7 Å². The van der Waals surface area contributed by atoms with Gasteiger partial charge in [-0.15, -0.1) is 0 Å². The lowest BCUT2D eigenvalue weighted by atomic mass is 10.1. The van der Waals surface area contributed by atoms with Gasteiger partial charge >= 0.3 is 39.5 Å². The van der Waals surface area contributed by atoms with Crippen molar-refractivity contribution in [3.05, 3.63) is 146 Å². The maximum atomic E-state index is 13.1. The number of carbonyl (C=O) groups excluding carboxylic acids is 4. The van der Waals surface area contributed by atoms with Crippen molar-refractivity contribution in [3.63, 3.8) is 0 Å². The summed E-state index contributed by atoms with van der Waals surface area (Å²) in [6, 6.07) is 0. The first-order valence-corrected chi connectivity index (χ1v) is 43.1. The Labute approximate surface area is 630 Å². The number of carbonyl (C=O) groups is 4. The largest absolute Gasteiger partial charge is 0.472 e. The summed E-state index contributed by atoms with van der Waals surface area (Å²) in [5, 5.41) is 10.6. The Bertz CT molecular complexity index is 2540. The molecule has 0 fully saturated rings. The third-order valence-corrected chi connectivity index (χ3v) is 18.2. The molecule has 0 aliphatic heterocycles. The van der Waals surface area contributed by atoms with Crippen molar-refractivity contribution in [3.8, 4) is 0 Å². The van der Waals surface area contributed by atoms with E-state index in [1.54, 1.807) is 0 Å². The van der Waals surface area contributed by atoms with Crippen LogP contribution in [0.4, 0.5) is 0 Å². The van der Waals surface area contributed by atoms with Crippen LogP contribution in [0.15, 0.2) is 146 Å². The summed E-state index contributed by atoms with van der Waals surface area (Å²) in [7, 11) is -10.0. The molecule has 0 aromatic heterocycles. The second kappa shape index (κ2) is 76.1. The van der Waals surface area contributed by atoms with Crippen molar-refractivity contribution in [1.82, 2.24) is 0 Å². The summed E-state index contributed by atoms with van der Waals surface area (Å²) >= 11 is 0. The van der Waals surface area contributed by atoms with Crippen LogP contribution in [0.25, 0.3) is 0 Å². The maximum Gasteiger partial charge on any atom is 0.472 e. The number of aliphatic hydroxyl groups excluding tert-OH is 1. The smallest absolute Gasteiger partial charge is 0.462 e. The molecule has 19 heteroatoms. The van der Waals surface area contributed by atoms with Crippen molar-refractivity contribution in [2.75, 3.05) is 39.6 Å². The minimum absolute atomic E-state index is 0.00271. The third kappa shape index (κ3) is 75.2. The number of phosphoric ester groups is 2. The second-order valence-electron chi connectivity index (χ2n) is 26.3. The van der Waals surface area contributed by atoms with Crippen molar-refractivity contribution in [2.45, 2.75) is 329 Å². The zero-order valence-electron chi connectivity index (χ0n) is 64.9. The van der Waals surface area contributed by atoms with E-state index in [4.69, 9.17) is 37.0 Å². The van der Waals surface area contributed by atoms with E-state index in [2.05, 4.69) is 149 Å². The predicted molar refractivity (Wildman–Crippen MR) is 427 cm³/mol. The Morgan fingerprint density at radius 3 is 0.846 bits per heavy atom. The lowest BCUT2D eigenvalue weighted by Gasteiger charge is -2.21. The van der Waals surface area contributed by atoms with E-state index in [0.29, 0.717) is 38.5 Å². The van der Waals surface area contributed by atoms with E-state index in [-0.39, 0.29) is 25.7 Å².